The van der Waals surface area contributed by atoms with Gasteiger partial charge in [0.1, 0.15) is 11.6 Å². The Balaban J connectivity index is 0.891. The Morgan fingerprint density at radius 1 is 1.04 bits per heavy atom. The second-order valence-electron chi connectivity index (χ2n) is 13.5. The van der Waals surface area contributed by atoms with Crippen LogP contribution in [0.25, 0.3) is 16.6 Å². The molecule has 0 spiro atoms. The number of hydrogen-bond donors (Lipinski definition) is 5. The molecule has 0 radical (unpaired) electrons. The Labute approximate surface area is 276 Å². The van der Waals surface area contributed by atoms with Crippen LogP contribution < -0.4 is 20.9 Å². The quantitative estimate of drug-likeness (QED) is 0.162. The van der Waals surface area contributed by atoms with Gasteiger partial charge in [-0.2, -0.15) is 0 Å². The number of amides is 4. The van der Waals surface area contributed by atoms with Crippen LogP contribution in [0.4, 0.5) is 11.4 Å². The number of aromatic nitrogens is 2. The van der Waals surface area contributed by atoms with E-state index in [1.807, 2.05) is 24.4 Å². The van der Waals surface area contributed by atoms with Crippen LogP contribution in [-0.2, 0) is 9.59 Å². The van der Waals surface area contributed by atoms with Crippen LogP contribution in [0.5, 0.6) is 0 Å². The number of imide groups is 2. The summed E-state index contributed by atoms with van der Waals surface area (Å²) in [7, 11) is 0. The zero-order valence-corrected chi connectivity index (χ0v) is 26.2. The predicted octanol–water partition coefficient (Wildman–Crippen LogP) is 2.46. The number of rotatable bonds is 10. The van der Waals surface area contributed by atoms with Crippen molar-refractivity contribution in [1.82, 2.24) is 25.5 Å². The van der Waals surface area contributed by atoms with Crippen LogP contribution in [0.2, 0.25) is 0 Å². The molecule has 2 saturated heterocycles. The molecule has 5 N–H and O–H groups in total. The van der Waals surface area contributed by atoms with Gasteiger partial charge in [-0.05, 0) is 68.4 Å². The number of fused-ring (bicyclic) bond motifs is 2. The van der Waals surface area contributed by atoms with E-state index in [4.69, 9.17) is 15.4 Å². The van der Waals surface area contributed by atoms with E-state index in [2.05, 4.69) is 20.9 Å². The molecule has 4 heterocycles. The summed E-state index contributed by atoms with van der Waals surface area (Å²) in [5.41, 5.74) is 5.77. The first-order chi connectivity index (χ1) is 23.2. The lowest BCUT2D eigenvalue weighted by atomic mass is 9.80. The molecule has 13 heteroatoms. The number of aliphatic hydroxyl groups excluding tert-OH is 1. The summed E-state index contributed by atoms with van der Waals surface area (Å²) in [5, 5.41) is 27.8. The molecule has 1 atom stereocenters. The largest absolute Gasteiger partial charge is 0.389 e. The molecule has 4 fully saturated rings. The van der Waals surface area contributed by atoms with Gasteiger partial charge in [-0.1, -0.05) is 6.07 Å². The van der Waals surface area contributed by atoms with E-state index in [9.17, 15) is 24.3 Å². The maximum absolute atomic E-state index is 13.2. The standard InChI is InChI=1S/C35H36N8O5/c36-31(19-4-5-19)25(27-15-39-32-26(40-27)2-1-3-28(32)42-16-22(44)17-42)14-38-21-10-18(11-21)13-37-20-6-7-23-24(12-20)35(48)43(34(23)47)29-8-9-30(45)41-33(29)46/h1-3,6-7,12,14-15,18-19,21-22,29,36-38,44H,4-5,8-11,13,16-17H2,(H,41,45,46)/b25-14-,36-31?. The summed E-state index contributed by atoms with van der Waals surface area (Å²) >= 11 is 0. The van der Waals surface area contributed by atoms with Crippen LogP contribution >= 0.6 is 0 Å². The normalized spacial score (nSPS) is 24.3. The average Bonchev–Trinajstić information content (AvgIpc) is 3.87. The maximum Gasteiger partial charge on any atom is 0.262 e. The Morgan fingerprint density at radius 2 is 1.83 bits per heavy atom. The van der Waals surface area contributed by atoms with Crippen LogP contribution in [0.1, 0.15) is 64.9 Å². The maximum atomic E-state index is 13.2. The number of anilines is 2. The summed E-state index contributed by atoms with van der Waals surface area (Å²) < 4.78 is 0. The van der Waals surface area contributed by atoms with Gasteiger partial charge < -0.3 is 26.0 Å². The van der Waals surface area contributed by atoms with Crippen molar-refractivity contribution in [1.29, 1.82) is 5.41 Å². The second kappa shape index (κ2) is 11.8. The molecule has 2 saturated carbocycles. The minimum atomic E-state index is -0.986. The SMILES string of the molecule is N=C(/C(=C\NC1CC(CNc2ccc3c(c2)C(=O)N(C2CCC(=O)NC2=O)C3=O)C1)c1cnc2c(N3CC(O)C3)cccc2n1)C1CC1. The van der Waals surface area contributed by atoms with Crippen LogP contribution in [0.15, 0.2) is 48.8 Å². The molecule has 4 amide bonds. The number of hydrogen-bond acceptors (Lipinski definition) is 11. The number of benzene rings is 2. The van der Waals surface area contributed by atoms with Gasteiger partial charge in [0.15, 0.2) is 0 Å². The molecule has 8 rings (SSSR count). The van der Waals surface area contributed by atoms with Crippen LogP contribution in [0.3, 0.4) is 0 Å². The zero-order chi connectivity index (χ0) is 33.1. The van der Waals surface area contributed by atoms with E-state index >= 15 is 0 Å². The fourth-order valence-corrected chi connectivity index (χ4v) is 7.03. The van der Waals surface area contributed by atoms with E-state index in [0.29, 0.717) is 37.0 Å². The van der Waals surface area contributed by atoms with Crippen molar-refractivity contribution in [3.8, 4) is 0 Å². The molecule has 2 aliphatic carbocycles. The third-order valence-corrected chi connectivity index (χ3v) is 10.0. The van der Waals surface area contributed by atoms with Gasteiger partial charge in [0.25, 0.3) is 11.8 Å². The third kappa shape index (κ3) is 5.47. The number of carbonyl (C=O) groups excluding carboxylic acids is 4. The van der Waals surface area contributed by atoms with Crippen molar-refractivity contribution in [3.05, 3.63) is 65.6 Å². The number of para-hydroxylation sites is 1. The number of allylic oxidation sites excluding steroid dienone is 1. The van der Waals surface area contributed by atoms with E-state index in [0.717, 1.165) is 58.6 Å². The van der Waals surface area contributed by atoms with Crippen molar-refractivity contribution >= 4 is 57.3 Å². The third-order valence-electron chi connectivity index (χ3n) is 10.0. The molecule has 1 aromatic heterocycles. The number of nitrogens with one attached hydrogen (secondary N) is 4. The van der Waals surface area contributed by atoms with Gasteiger partial charge in [-0.15, -0.1) is 0 Å². The predicted molar refractivity (Wildman–Crippen MR) is 177 cm³/mol. The number of aliphatic hydroxyl groups is 1. The highest BCUT2D eigenvalue weighted by atomic mass is 16.3. The first-order valence-corrected chi connectivity index (χ1v) is 16.6. The summed E-state index contributed by atoms with van der Waals surface area (Å²) in [6, 6.07) is 10.2. The van der Waals surface area contributed by atoms with E-state index < -0.39 is 29.7 Å². The molecule has 13 nitrogen and oxygen atoms in total. The van der Waals surface area contributed by atoms with E-state index in [1.54, 1.807) is 24.4 Å². The molecule has 3 aliphatic heterocycles. The van der Waals surface area contributed by atoms with Gasteiger partial charge in [-0.25, -0.2) is 4.98 Å². The minimum absolute atomic E-state index is 0.0816. The summed E-state index contributed by atoms with van der Waals surface area (Å²) in [6.45, 7) is 1.86. The number of piperidine rings is 1. The van der Waals surface area contributed by atoms with Gasteiger partial charge in [0.05, 0.1) is 40.3 Å². The molecule has 0 bridgehead atoms. The lowest BCUT2D eigenvalue weighted by Crippen LogP contribution is -2.54. The molecule has 48 heavy (non-hydrogen) atoms. The monoisotopic (exact) mass is 648 g/mol. The average molecular weight is 649 g/mol. The van der Waals surface area contributed by atoms with Crippen molar-refractivity contribution in [3.63, 3.8) is 0 Å². The fourth-order valence-electron chi connectivity index (χ4n) is 7.03. The van der Waals surface area contributed by atoms with Gasteiger partial charge in [0.2, 0.25) is 11.8 Å². The Hall–Kier alpha value is -5.17. The van der Waals surface area contributed by atoms with Gasteiger partial charge >= 0.3 is 0 Å². The highest BCUT2D eigenvalue weighted by Gasteiger charge is 2.44. The topological polar surface area (TPSA) is 181 Å². The van der Waals surface area contributed by atoms with E-state index in [-0.39, 0.29) is 42.0 Å². The zero-order valence-electron chi connectivity index (χ0n) is 26.2. The van der Waals surface area contributed by atoms with Crippen LogP contribution in [0, 0.1) is 17.2 Å². The highest BCUT2D eigenvalue weighted by molar-refractivity contribution is 6.24. The second-order valence-corrected chi connectivity index (χ2v) is 13.5. The number of nitrogens with zero attached hydrogens (tertiary/aromatic N) is 4. The summed E-state index contributed by atoms with van der Waals surface area (Å²) in [6.07, 6.45) is 7.43. The van der Waals surface area contributed by atoms with Gasteiger partial charge in [-0.3, -0.25) is 34.4 Å². The minimum Gasteiger partial charge on any atom is -0.389 e. The first kappa shape index (κ1) is 30.2. The lowest BCUT2D eigenvalue weighted by molar-refractivity contribution is -0.136. The number of carbonyl (C=O) groups is 4. The lowest BCUT2D eigenvalue weighted by Gasteiger charge is -2.38. The summed E-state index contributed by atoms with van der Waals surface area (Å²) in [5.74, 6) is -1.42. The molecule has 1 unspecified atom stereocenters. The smallest absolute Gasteiger partial charge is 0.262 e. The first-order valence-electron chi connectivity index (χ1n) is 16.6. The van der Waals surface area contributed by atoms with Crippen molar-refractivity contribution in [2.24, 2.45) is 11.8 Å². The highest BCUT2D eigenvalue weighted by Crippen LogP contribution is 2.37. The Morgan fingerprint density at radius 3 is 2.58 bits per heavy atom. The van der Waals surface area contributed by atoms with Crippen molar-refractivity contribution in [2.75, 3.05) is 29.9 Å². The molecule has 246 valence electrons. The van der Waals surface area contributed by atoms with Crippen molar-refractivity contribution < 1.29 is 24.3 Å². The number of β-amino-alcohol motifs (C(OH)–C–C–N with tert-alkyl or cyclic N) is 1. The molecular formula is C35H36N8O5. The Bertz CT molecular complexity index is 1910. The van der Waals surface area contributed by atoms with E-state index in [1.165, 1.54) is 0 Å². The van der Waals surface area contributed by atoms with Crippen LogP contribution in [-0.4, -0.2) is 87.1 Å². The molecule has 3 aromatic rings. The summed E-state index contributed by atoms with van der Waals surface area (Å²) in [4.78, 5) is 62.7. The van der Waals surface area contributed by atoms with Gasteiger partial charge in [0, 0.05) is 61.2 Å². The molecule has 5 aliphatic rings. The molecule has 2 aromatic carbocycles. The molecular weight excluding hydrogens is 612 g/mol. The fraction of sp³-hybridized carbons (Fsp3) is 0.400. The van der Waals surface area contributed by atoms with Crippen molar-refractivity contribution in [2.45, 2.75) is 56.7 Å². The Kier molecular flexibility index (Phi) is 7.43.